The Bertz CT molecular complexity index is 2120. The summed E-state index contributed by atoms with van der Waals surface area (Å²) in [6.07, 6.45) is 4.12. The van der Waals surface area contributed by atoms with Crippen LogP contribution in [0.25, 0.3) is 28.1 Å². The summed E-state index contributed by atoms with van der Waals surface area (Å²) in [7, 11) is -1.56. The van der Waals surface area contributed by atoms with E-state index in [1.807, 2.05) is 30.4 Å². The number of piperidine rings is 1. The van der Waals surface area contributed by atoms with Crippen molar-refractivity contribution in [1.29, 1.82) is 0 Å². The molecule has 0 aliphatic carbocycles. The van der Waals surface area contributed by atoms with Crippen molar-refractivity contribution in [3.8, 4) is 11.5 Å². The van der Waals surface area contributed by atoms with E-state index in [0.29, 0.717) is 53.0 Å². The number of imidazole rings is 1. The van der Waals surface area contributed by atoms with E-state index in [0.717, 1.165) is 16.8 Å². The van der Waals surface area contributed by atoms with Gasteiger partial charge in [-0.1, -0.05) is 17.7 Å². The van der Waals surface area contributed by atoms with Crippen LogP contribution in [-0.4, -0.2) is 71.2 Å². The molecule has 5 heterocycles. The minimum absolute atomic E-state index is 0.0148. The van der Waals surface area contributed by atoms with Crippen molar-refractivity contribution in [2.45, 2.75) is 38.6 Å². The number of nitrogens with zero attached hydrogens (tertiary/aromatic N) is 9. The Balaban J connectivity index is 1.44. The highest BCUT2D eigenvalue weighted by atomic mass is 35.5. The third-order valence-electron chi connectivity index (χ3n) is 7.78. The average Bonchev–Trinajstić information content (AvgIpc) is 3.65. The molecule has 0 radical (unpaired) electrons. The molecule has 1 unspecified atom stereocenters. The molecule has 1 aliphatic heterocycles. The topological polar surface area (TPSA) is 145 Å². The number of pyridine rings is 1. The first-order chi connectivity index (χ1) is 21.1. The Labute approximate surface area is 251 Å². The number of anilines is 1. The number of hydrogen-bond donors (Lipinski definition) is 1. The third kappa shape index (κ3) is 4.92. The molecule has 1 aromatic carbocycles. The minimum atomic E-state index is -3.28. The van der Waals surface area contributed by atoms with Crippen LogP contribution in [0.2, 0.25) is 5.15 Å². The van der Waals surface area contributed by atoms with Gasteiger partial charge in [-0.3, -0.25) is 13.8 Å². The van der Waals surface area contributed by atoms with Crippen LogP contribution in [0.1, 0.15) is 52.7 Å². The summed E-state index contributed by atoms with van der Waals surface area (Å²) in [5.74, 6) is -0.0335. The number of halogens is 1. The summed E-state index contributed by atoms with van der Waals surface area (Å²) in [5.41, 5.74) is 4.30. The SMILES string of the molecule is [2H]C([2H])([2H])n1nnc(-c2nc(Cl)ccc2NC(C)c2cc(C)cc3c(=O)n(C)c4c(C5CCN(S(C)(=O)=O)CC5)ncn4c23)n1. The molecule has 0 amide bonds. The van der Waals surface area contributed by atoms with Gasteiger partial charge in [0.25, 0.3) is 5.56 Å². The summed E-state index contributed by atoms with van der Waals surface area (Å²) < 4.78 is 51.9. The summed E-state index contributed by atoms with van der Waals surface area (Å²) in [6, 6.07) is 6.74. The van der Waals surface area contributed by atoms with Gasteiger partial charge in [-0.05, 0) is 61.2 Å². The Morgan fingerprint density at radius 1 is 1.21 bits per heavy atom. The highest BCUT2D eigenvalue weighted by Gasteiger charge is 2.30. The van der Waals surface area contributed by atoms with Crippen molar-refractivity contribution >= 4 is 43.9 Å². The fraction of sp³-hybridized carbons (Fsp3) is 0.407. The molecule has 13 nitrogen and oxygen atoms in total. The molecule has 1 atom stereocenters. The van der Waals surface area contributed by atoms with Crippen LogP contribution >= 0.6 is 11.6 Å². The average molecular weight is 614 g/mol. The number of tetrazole rings is 1. The molecule has 1 aliphatic rings. The minimum Gasteiger partial charge on any atom is -0.377 e. The predicted octanol–water partition coefficient (Wildman–Crippen LogP) is 3.05. The number of hydrogen-bond acceptors (Lipinski definition) is 9. The van der Waals surface area contributed by atoms with Crippen molar-refractivity contribution in [3.63, 3.8) is 0 Å². The second kappa shape index (κ2) is 10.4. The van der Waals surface area contributed by atoms with Gasteiger partial charge in [0.15, 0.2) is 0 Å². The van der Waals surface area contributed by atoms with Gasteiger partial charge >= 0.3 is 0 Å². The first-order valence-corrected chi connectivity index (χ1v) is 15.6. The van der Waals surface area contributed by atoms with E-state index in [-0.39, 0.29) is 28.1 Å². The van der Waals surface area contributed by atoms with Crippen LogP contribution in [0.3, 0.4) is 0 Å². The molecule has 4 aromatic heterocycles. The molecule has 5 aromatic rings. The zero-order chi connectivity index (χ0) is 32.4. The number of sulfonamides is 1. The van der Waals surface area contributed by atoms with Crippen LogP contribution in [0.5, 0.6) is 0 Å². The van der Waals surface area contributed by atoms with Crippen molar-refractivity contribution in [2.24, 2.45) is 14.0 Å². The second-order valence-electron chi connectivity index (χ2n) is 10.7. The lowest BCUT2D eigenvalue weighted by atomic mass is 9.94. The lowest BCUT2D eigenvalue weighted by Crippen LogP contribution is -2.37. The van der Waals surface area contributed by atoms with E-state index in [1.54, 1.807) is 30.1 Å². The first kappa shape index (κ1) is 24.7. The Kier molecular flexibility index (Phi) is 6.14. The molecule has 1 N–H and O–H groups in total. The number of rotatable bonds is 6. The van der Waals surface area contributed by atoms with Crippen LogP contribution < -0.4 is 10.9 Å². The molecule has 0 bridgehead atoms. The van der Waals surface area contributed by atoms with Gasteiger partial charge < -0.3 is 5.32 Å². The van der Waals surface area contributed by atoms with Crippen molar-refractivity contribution < 1.29 is 12.5 Å². The third-order valence-corrected chi connectivity index (χ3v) is 9.30. The smallest absolute Gasteiger partial charge is 0.261 e. The zero-order valence-electron chi connectivity index (χ0n) is 26.4. The molecule has 220 valence electrons. The predicted molar refractivity (Wildman–Crippen MR) is 160 cm³/mol. The van der Waals surface area contributed by atoms with Crippen LogP contribution in [0.4, 0.5) is 5.69 Å². The van der Waals surface area contributed by atoms with E-state index in [2.05, 4.69) is 25.7 Å². The van der Waals surface area contributed by atoms with E-state index in [9.17, 15) is 13.2 Å². The lowest BCUT2D eigenvalue weighted by Gasteiger charge is -2.29. The normalized spacial score (nSPS) is 17.3. The Morgan fingerprint density at radius 2 is 1.98 bits per heavy atom. The highest BCUT2D eigenvalue weighted by molar-refractivity contribution is 7.88. The van der Waals surface area contributed by atoms with Crippen LogP contribution in [0, 0.1) is 6.92 Å². The maximum absolute atomic E-state index is 13.8. The summed E-state index contributed by atoms with van der Waals surface area (Å²) in [6.45, 7) is 2.02. The standard InChI is InChI=1S/C27H31ClN10O3S/c1-15-12-18(16(2)30-20-6-7-21(28)31-23(20)25-32-34-36(4)33-25)24-19(13-15)27(39)35(3)26-22(29-14-38(24)26)17-8-10-37(11-9-17)42(5,40)41/h6-7,12-14,16-17,30H,8-11H2,1-5H3/i4D3. The van der Waals surface area contributed by atoms with Gasteiger partial charge in [-0.25, -0.2) is 22.7 Å². The summed E-state index contributed by atoms with van der Waals surface area (Å²) in [4.78, 5) is 23.5. The number of benzene rings is 1. The highest BCUT2D eigenvalue weighted by Crippen LogP contribution is 2.35. The second-order valence-corrected chi connectivity index (χ2v) is 13.0. The lowest BCUT2D eigenvalue weighted by molar-refractivity contribution is 0.319. The van der Waals surface area contributed by atoms with E-state index < -0.39 is 23.0 Å². The van der Waals surface area contributed by atoms with Gasteiger partial charge in [0.2, 0.25) is 15.8 Å². The van der Waals surface area contributed by atoms with Gasteiger partial charge in [-0.2, -0.15) is 4.80 Å². The van der Waals surface area contributed by atoms with Crippen molar-refractivity contribution in [3.05, 3.63) is 62.9 Å². The summed E-state index contributed by atoms with van der Waals surface area (Å²) >= 11 is 6.20. The van der Waals surface area contributed by atoms with Gasteiger partial charge in [0, 0.05) is 30.2 Å². The van der Waals surface area contributed by atoms with Gasteiger partial charge in [0.05, 0.1) is 41.6 Å². The molecule has 0 saturated carbocycles. The molecular formula is C27H31ClN10O3S. The first-order valence-electron chi connectivity index (χ1n) is 14.8. The Hall–Kier alpha value is -3.88. The molecule has 1 fully saturated rings. The van der Waals surface area contributed by atoms with Crippen molar-refractivity contribution in [2.75, 3.05) is 24.7 Å². The summed E-state index contributed by atoms with van der Waals surface area (Å²) in [5, 5.41) is 15.7. The number of aromatic nitrogens is 8. The van der Waals surface area contributed by atoms with Gasteiger partial charge in [0.1, 0.15) is 22.8 Å². The Morgan fingerprint density at radius 3 is 2.67 bits per heavy atom. The van der Waals surface area contributed by atoms with E-state index in [4.69, 9.17) is 20.7 Å². The molecule has 1 saturated heterocycles. The largest absolute Gasteiger partial charge is 0.377 e. The fourth-order valence-electron chi connectivity index (χ4n) is 5.79. The molecule has 0 spiro atoms. The van der Waals surface area contributed by atoms with Crippen LogP contribution in [-0.2, 0) is 24.0 Å². The quantitative estimate of drug-likeness (QED) is 0.286. The molecule has 6 rings (SSSR count). The van der Waals surface area contributed by atoms with E-state index >= 15 is 0 Å². The monoisotopic (exact) mass is 613 g/mol. The van der Waals surface area contributed by atoms with Gasteiger partial charge in [-0.15, -0.1) is 10.2 Å². The molecular weight excluding hydrogens is 580 g/mol. The molecule has 15 heteroatoms. The maximum Gasteiger partial charge on any atom is 0.261 e. The van der Waals surface area contributed by atoms with E-state index in [1.165, 1.54) is 10.6 Å². The molecule has 42 heavy (non-hydrogen) atoms. The van der Waals surface area contributed by atoms with Crippen molar-refractivity contribution in [1.82, 2.24) is 43.4 Å². The maximum atomic E-state index is 13.8. The fourth-order valence-corrected chi connectivity index (χ4v) is 6.81. The number of nitrogens with one attached hydrogen (secondary N) is 1. The number of aryl methyl sites for hydroxylation is 3. The van der Waals surface area contributed by atoms with Crippen LogP contribution in [0.15, 0.2) is 35.4 Å². The number of fused-ring (bicyclic) bond motifs is 3. The zero-order valence-corrected chi connectivity index (χ0v) is 25.0.